The number of carboxylic acids is 2. The molecular weight excluding hydrogens is 255 g/mol. The maximum atomic E-state index is 9.26. The van der Waals surface area contributed by atoms with Crippen molar-refractivity contribution < 1.29 is 58.8 Å². The van der Waals surface area contributed by atoms with Crippen molar-refractivity contribution in [1.82, 2.24) is 0 Å². The molecular formula is C5H8O4Zn2+2. The van der Waals surface area contributed by atoms with Crippen molar-refractivity contribution in [3.05, 3.63) is 0 Å². The zero-order valence-electron chi connectivity index (χ0n) is 6.75. The van der Waals surface area contributed by atoms with E-state index in [0.29, 0.717) is 0 Å². The fraction of sp³-hybridized carbons (Fsp3) is 0.600. The fourth-order valence-corrected chi connectivity index (χ4v) is 0. The van der Waals surface area contributed by atoms with Gasteiger partial charge in [0.1, 0.15) is 0 Å². The predicted molar refractivity (Wildman–Crippen MR) is 26.0 cm³/mol. The number of hydrogen-bond donors (Lipinski definition) is 0. The van der Waals surface area contributed by atoms with Crippen molar-refractivity contribution in [3.63, 3.8) is 0 Å². The van der Waals surface area contributed by atoms with Crippen LogP contribution in [0, 0.1) is 0 Å². The smallest absolute Gasteiger partial charge is 0.550 e. The number of rotatable bonds is 1. The molecule has 0 aromatic heterocycles. The van der Waals surface area contributed by atoms with Gasteiger partial charge >= 0.3 is 39.0 Å². The van der Waals surface area contributed by atoms with Crippen LogP contribution in [0.25, 0.3) is 0 Å². The van der Waals surface area contributed by atoms with Gasteiger partial charge in [-0.15, -0.1) is 0 Å². The van der Waals surface area contributed by atoms with E-state index >= 15 is 0 Å². The Hall–Kier alpha value is 0.187. The molecule has 4 nitrogen and oxygen atoms in total. The molecule has 0 bridgehead atoms. The molecule has 0 N–H and O–H groups in total. The average molecular weight is 263 g/mol. The molecule has 0 heterocycles. The summed E-state index contributed by atoms with van der Waals surface area (Å²) in [6, 6.07) is 0. The second-order valence-corrected chi connectivity index (χ2v) is 1.22. The van der Waals surface area contributed by atoms with E-state index < -0.39 is 11.9 Å². The average Bonchev–Trinajstić information content (AvgIpc) is 1.65. The summed E-state index contributed by atoms with van der Waals surface area (Å²) in [6.45, 7) is 2.51. The minimum absolute atomic E-state index is 0. The molecule has 0 saturated carbocycles. The van der Waals surface area contributed by atoms with Crippen molar-refractivity contribution >= 4 is 11.9 Å². The zero-order chi connectivity index (χ0) is 7.86. The van der Waals surface area contributed by atoms with E-state index in [-0.39, 0.29) is 45.4 Å². The van der Waals surface area contributed by atoms with E-state index in [1.54, 1.807) is 0 Å². The van der Waals surface area contributed by atoms with Crippen molar-refractivity contribution in [2.45, 2.75) is 20.3 Å². The van der Waals surface area contributed by atoms with E-state index in [1.165, 1.54) is 6.92 Å². The van der Waals surface area contributed by atoms with Gasteiger partial charge in [0.05, 0.1) is 0 Å². The third-order valence-electron chi connectivity index (χ3n) is 0.289. The Kier molecular flexibility index (Phi) is 34.0. The molecule has 0 fully saturated rings. The summed E-state index contributed by atoms with van der Waals surface area (Å²) in [7, 11) is 0. The summed E-state index contributed by atoms with van der Waals surface area (Å²) >= 11 is 0. The zero-order valence-corrected chi connectivity index (χ0v) is 12.7. The number of carboxylic acid groups (broad SMARTS) is 2. The summed E-state index contributed by atoms with van der Waals surface area (Å²) in [5.74, 6) is -2.08. The van der Waals surface area contributed by atoms with Gasteiger partial charge in [-0.3, -0.25) is 0 Å². The van der Waals surface area contributed by atoms with Crippen LogP contribution in [0.5, 0.6) is 0 Å². The molecule has 0 amide bonds. The molecule has 0 aliphatic rings. The van der Waals surface area contributed by atoms with Crippen molar-refractivity contribution in [2.24, 2.45) is 0 Å². The largest absolute Gasteiger partial charge is 2.00 e. The molecule has 54 valence electrons. The van der Waals surface area contributed by atoms with E-state index in [1.807, 2.05) is 0 Å². The Morgan fingerprint density at radius 3 is 1.27 bits per heavy atom. The van der Waals surface area contributed by atoms with Gasteiger partial charge in [-0.2, -0.15) is 0 Å². The van der Waals surface area contributed by atoms with Crippen LogP contribution in [-0.4, -0.2) is 11.9 Å². The SMILES string of the molecule is CC(=O)[O-].CCC(=O)[O-].[Zn+2].[Zn+2]. The van der Waals surface area contributed by atoms with E-state index in [9.17, 15) is 9.90 Å². The second kappa shape index (κ2) is 16.6. The van der Waals surface area contributed by atoms with Crippen LogP contribution >= 0.6 is 0 Å². The predicted octanol–water partition coefficient (Wildman–Crippen LogP) is -2.10. The van der Waals surface area contributed by atoms with E-state index in [2.05, 4.69) is 0 Å². The Balaban J connectivity index is -0.0000000383. The first-order chi connectivity index (χ1) is 4.00. The van der Waals surface area contributed by atoms with Gasteiger partial charge in [-0.25, -0.2) is 0 Å². The summed E-state index contributed by atoms with van der Waals surface area (Å²) in [6.07, 6.45) is 0.111. The molecule has 0 spiro atoms. The quantitative estimate of drug-likeness (QED) is 0.507. The van der Waals surface area contributed by atoms with Crippen molar-refractivity contribution in [2.75, 3.05) is 0 Å². The van der Waals surface area contributed by atoms with Crippen LogP contribution in [0.2, 0.25) is 0 Å². The van der Waals surface area contributed by atoms with E-state index in [0.717, 1.165) is 6.92 Å². The summed E-state index contributed by atoms with van der Waals surface area (Å²) in [4.78, 5) is 18.1. The van der Waals surface area contributed by atoms with Gasteiger partial charge in [0.15, 0.2) is 0 Å². The minimum atomic E-state index is -1.08. The van der Waals surface area contributed by atoms with Crippen LogP contribution in [0.4, 0.5) is 0 Å². The molecule has 11 heavy (non-hydrogen) atoms. The molecule has 0 unspecified atom stereocenters. The molecule has 0 aliphatic carbocycles. The first kappa shape index (κ1) is 22.5. The van der Waals surface area contributed by atoms with Crippen molar-refractivity contribution in [1.29, 1.82) is 0 Å². The van der Waals surface area contributed by atoms with Crippen LogP contribution in [0.1, 0.15) is 20.3 Å². The van der Waals surface area contributed by atoms with Crippen LogP contribution in [0.15, 0.2) is 0 Å². The summed E-state index contributed by atoms with van der Waals surface area (Å²) in [5, 5.41) is 18.1. The van der Waals surface area contributed by atoms with Gasteiger partial charge in [0.2, 0.25) is 0 Å². The number of carbonyl (C=O) groups is 2. The Morgan fingerprint density at radius 2 is 1.27 bits per heavy atom. The van der Waals surface area contributed by atoms with E-state index in [4.69, 9.17) is 9.90 Å². The van der Waals surface area contributed by atoms with Gasteiger partial charge in [0, 0.05) is 11.9 Å². The van der Waals surface area contributed by atoms with Gasteiger partial charge in [-0.05, 0) is 13.3 Å². The summed E-state index contributed by atoms with van der Waals surface area (Å²) in [5.41, 5.74) is 0. The Labute approximate surface area is 90.9 Å². The second-order valence-electron chi connectivity index (χ2n) is 1.22. The molecule has 0 radical (unpaired) electrons. The Morgan fingerprint density at radius 1 is 1.18 bits per heavy atom. The van der Waals surface area contributed by atoms with Crippen molar-refractivity contribution in [3.8, 4) is 0 Å². The first-order valence-corrected chi connectivity index (χ1v) is 2.38. The maximum absolute atomic E-state index is 9.26. The van der Waals surface area contributed by atoms with Gasteiger partial charge in [-0.1, -0.05) is 6.92 Å². The number of carbonyl (C=O) groups excluding carboxylic acids is 2. The monoisotopic (exact) mass is 260 g/mol. The number of aliphatic carboxylic acids is 2. The number of hydrogen-bond acceptors (Lipinski definition) is 4. The summed E-state index contributed by atoms with van der Waals surface area (Å²) < 4.78 is 0. The van der Waals surface area contributed by atoms with Gasteiger partial charge in [0.25, 0.3) is 0 Å². The third-order valence-corrected chi connectivity index (χ3v) is 0.289. The molecule has 0 saturated heterocycles. The molecule has 6 heteroatoms. The topological polar surface area (TPSA) is 80.3 Å². The maximum Gasteiger partial charge on any atom is 2.00 e. The fourth-order valence-electron chi connectivity index (χ4n) is 0. The van der Waals surface area contributed by atoms with Crippen LogP contribution < -0.4 is 10.2 Å². The molecule has 0 atom stereocenters. The Bertz CT molecular complexity index is 101. The first-order valence-electron chi connectivity index (χ1n) is 2.38. The third kappa shape index (κ3) is 143. The van der Waals surface area contributed by atoms with Gasteiger partial charge < -0.3 is 19.8 Å². The van der Waals surface area contributed by atoms with Crippen LogP contribution in [-0.2, 0) is 48.5 Å². The standard InChI is InChI=1S/C3H6O2.C2H4O2.2Zn/c1-2-3(4)5;1-2(3)4;;/h2H2,1H3,(H,4,5);1H3,(H,3,4);;/q;;2*+2/p-2. The molecule has 0 aromatic carbocycles. The van der Waals surface area contributed by atoms with Crippen LogP contribution in [0.3, 0.4) is 0 Å². The minimum Gasteiger partial charge on any atom is -0.550 e. The normalized spacial score (nSPS) is 5.64. The molecule has 0 aromatic rings. The molecule has 0 aliphatic heterocycles. The molecule has 0 rings (SSSR count).